The molecular formula is C15H16FN5. The third kappa shape index (κ3) is 2.56. The summed E-state index contributed by atoms with van der Waals surface area (Å²) in [7, 11) is 0. The van der Waals surface area contributed by atoms with E-state index in [1.54, 1.807) is 12.3 Å². The predicted molar refractivity (Wildman–Crippen MR) is 80.6 cm³/mol. The van der Waals surface area contributed by atoms with Crippen molar-refractivity contribution in [2.24, 2.45) is 0 Å². The van der Waals surface area contributed by atoms with Gasteiger partial charge in [0.15, 0.2) is 5.65 Å². The van der Waals surface area contributed by atoms with Gasteiger partial charge in [0.2, 0.25) is 5.95 Å². The summed E-state index contributed by atoms with van der Waals surface area (Å²) < 4.78 is 13.6. The predicted octanol–water partition coefficient (Wildman–Crippen LogP) is 3.29. The van der Waals surface area contributed by atoms with Gasteiger partial charge < -0.3 is 5.32 Å². The van der Waals surface area contributed by atoms with Gasteiger partial charge in [-0.05, 0) is 31.0 Å². The fraction of sp³-hybridized carbons (Fsp3) is 0.267. The van der Waals surface area contributed by atoms with E-state index in [1.807, 2.05) is 6.92 Å². The SMILES string of the molecule is CCCNc1nc(-c2cc(F)ccc2C)c2cn[nH]c2n1. The van der Waals surface area contributed by atoms with Crippen molar-refractivity contribution in [3.05, 3.63) is 35.8 Å². The van der Waals surface area contributed by atoms with Crippen LogP contribution in [0.1, 0.15) is 18.9 Å². The monoisotopic (exact) mass is 285 g/mol. The first-order chi connectivity index (χ1) is 10.2. The Kier molecular flexibility index (Phi) is 3.51. The zero-order valence-corrected chi connectivity index (χ0v) is 11.9. The van der Waals surface area contributed by atoms with Gasteiger partial charge in [-0.3, -0.25) is 5.10 Å². The molecule has 0 radical (unpaired) electrons. The lowest BCUT2D eigenvalue weighted by molar-refractivity contribution is 0.628. The van der Waals surface area contributed by atoms with Crippen LogP contribution in [0.4, 0.5) is 10.3 Å². The number of hydrogen-bond acceptors (Lipinski definition) is 4. The van der Waals surface area contributed by atoms with Crippen LogP contribution in [-0.4, -0.2) is 26.7 Å². The molecule has 0 aliphatic rings. The van der Waals surface area contributed by atoms with Gasteiger partial charge in [0, 0.05) is 12.1 Å². The molecule has 1 aromatic carbocycles. The van der Waals surface area contributed by atoms with Crippen molar-refractivity contribution in [2.75, 3.05) is 11.9 Å². The average molecular weight is 285 g/mol. The molecule has 0 amide bonds. The zero-order valence-electron chi connectivity index (χ0n) is 11.9. The quantitative estimate of drug-likeness (QED) is 0.772. The lowest BCUT2D eigenvalue weighted by Gasteiger charge is -2.09. The van der Waals surface area contributed by atoms with E-state index in [2.05, 4.69) is 32.4 Å². The molecule has 0 saturated heterocycles. The van der Waals surface area contributed by atoms with E-state index in [4.69, 9.17) is 0 Å². The van der Waals surface area contributed by atoms with E-state index in [-0.39, 0.29) is 5.82 Å². The van der Waals surface area contributed by atoms with Crippen LogP contribution in [0.25, 0.3) is 22.3 Å². The molecule has 0 unspecified atom stereocenters. The number of halogens is 1. The molecule has 0 fully saturated rings. The van der Waals surface area contributed by atoms with Gasteiger partial charge in [-0.1, -0.05) is 13.0 Å². The van der Waals surface area contributed by atoms with Crippen LogP contribution in [0.3, 0.4) is 0 Å². The Bertz CT molecular complexity index is 781. The summed E-state index contributed by atoms with van der Waals surface area (Å²) in [5, 5.41) is 10.8. The Balaban J connectivity index is 2.19. The van der Waals surface area contributed by atoms with Crippen LogP contribution in [0.15, 0.2) is 24.4 Å². The molecule has 0 bridgehead atoms. The molecule has 0 spiro atoms. The zero-order chi connectivity index (χ0) is 14.8. The second-order valence-corrected chi connectivity index (χ2v) is 4.91. The van der Waals surface area contributed by atoms with Gasteiger partial charge in [-0.2, -0.15) is 10.1 Å². The topological polar surface area (TPSA) is 66.5 Å². The summed E-state index contributed by atoms with van der Waals surface area (Å²) in [4.78, 5) is 8.91. The highest BCUT2D eigenvalue weighted by atomic mass is 19.1. The number of aromatic amines is 1. The van der Waals surface area contributed by atoms with Crippen molar-refractivity contribution in [3.63, 3.8) is 0 Å². The average Bonchev–Trinajstić information content (AvgIpc) is 2.95. The molecule has 3 aromatic rings. The number of aryl methyl sites for hydroxylation is 1. The number of nitrogens with zero attached hydrogens (tertiary/aromatic N) is 3. The Hall–Kier alpha value is -2.50. The van der Waals surface area contributed by atoms with Gasteiger partial charge in [-0.15, -0.1) is 0 Å². The number of fused-ring (bicyclic) bond motifs is 1. The Morgan fingerprint density at radius 1 is 1.29 bits per heavy atom. The minimum Gasteiger partial charge on any atom is -0.354 e. The highest BCUT2D eigenvalue weighted by Gasteiger charge is 2.13. The molecule has 0 aliphatic heterocycles. The first kappa shape index (κ1) is 13.5. The lowest BCUT2D eigenvalue weighted by Crippen LogP contribution is -2.05. The summed E-state index contributed by atoms with van der Waals surface area (Å²) in [5.74, 6) is 0.237. The van der Waals surface area contributed by atoms with E-state index in [0.29, 0.717) is 17.3 Å². The first-order valence-electron chi connectivity index (χ1n) is 6.90. The van der Waals surface area contributed by atoms with E-state index in [9.17, 15) is 4.39 Å². The fourth-order valence-corrected chi connectivity index (χ4v) is 2.21. The van der Waals surface area contributed by atoms with Crippen LogP contribution in [0, 0.1) is 12.7 Å². The van der Waals surface area contributed by atoms with Crippen LogP contribution in [-0.2, 0) is 0 Å². The summed E-state index contributed by atoms with van der Waals surface area (Å²) in [5.41, 5.74) is 3.04. The fourth-order valence-electron chi connectivity index (χ4n) is 2.21. The van der Waals surface area contributed by atoms with Crippen LogP contribution >= 0.6 is 0 Å². The van der Waals surface area contributed by atoms with Crippen molar-refractivity contribution >= 4 is 17.0 Å². The van der Waals surface area contributed by atoms with Crippen molar-refractivity contribution in [1.29, 1.82) is 0 Å². The molecule has 0 aliphatic carbocycles. The number of aromatic nitrogens is 4. The third-order valence-electron chi connectivity index (χ3n) is 3.30. The summed E-state index contributed by atoms with van der Waals surface area (Å²) >= 11 is 0. The highest BCUT2D eigenvalue weighted by Crippen LogP contribution is 2.29. The number of nitrogens with one attached hydrogen (secondary N) is 2. The van der Waals surface area contributed by atoms with Gasteiger partial charge in [-0.25, -0.2) is 9.37 Å². The molecule has 2 N–H and O–H groups in total. The maximum absolute atomic E-state index is 13.6. The van der Waals surface area contributed by atoms with Gasteiger partial charge >= 0.3 is 0 Å². The molecule has 2 heterocycles. The Labute approximate surface area is 121 Å². The lowest BCUT2D eigenvalue weighted by atomic mass is 10.0. The second kappa shape index (κ2) is 5.47. The van der Waals surface area contributed by atoms with Gasteiger partial charge in [0.1, 0.15) is 5.82 Å². The third-order valence-corrected chi connectivity index (χ3v) is 3.30. The molecule has 3 rings (SSSR count). The van der Waals surface area contributed by atoms with Crippen LogP contribution in [0.5, 0.6) is 0 Å². The smallest absolute Gasteiger partial charge is 0.225 e. The molecule has 6 heteroatoms. The molecule has 0 atom stereocenters. The standard InChI is InChI=1S/C15H16FN5/c1-3-6-17-15-19-13(12-8-18-21-14(12)20-15)11-7-10(16)5-4-9(11)2/h4-5,7-8H,3,6H2,1-2H3,(H2,17,18,19,20,21). The first-order valence-corrected chi connectivity index (χ1v) is 6.90. The number of rotatable bonds is 4. The van der Waals surface area contributed by atoms with E-state index < -0.39 is 0 Å². The Morgan fingerprint density at radius 3 is 2.95 bits per heavy atom. The van der Waals surface area contributed by atoms with Gasteiger partial charge in [0.25, 0.3) is 0 Å². The molecule has 21 heavy (non-hydrogen) atoms. The molecular weight excluding hydrogens is 269 g/mol. The minimum atomic E-state index is -0.283. The molecule has 2 aromatic heterocycles. The van der Waals surface area contributed by atoms with Crippen molar-refractivity contribution in [2.45, 2.75) is 20.3 Å². The highest BCUT2D eigenvalue weighted by molar-refractivity contribution is 5.91. The van der Waals surface area contributed by atoms with Crippen LogP contribution < -0.4 is 5.32 Å². The molecule has 108 valence electrons. The van der Waals surface area contributed by atoms with Crippen molar-refractivity contribution in [1.82, 2.24) is 20.2 Å². The number of anilines is 1. The van der Waals surface area contributed by atoms with E-state index in [1.165, 1.54) is 12.1 Å². The largest absolute Gasteiger partial charge is 0.354 e. The van der Waals surface area contributed by atoms with E-state index >= 15 is 0 Å². The second-order valence-electron chi connectivity index (χ2n) is 4.91. The number of benzene rings is 1. The minimum absolute atomic E-state index is 0.283. The maximum atomic E-state index is 13.6. The van der Waals surface area contributed by atoms with Gasteiger partial charge in [0.05, 0.1) is 17.3 Å². The number of hydrogen-bond donors (Lipinski definition) is 2. The Morgan fingerprint density at radius 2 is 2.14 bits per heavy atom. The summed E-state index contributed by atoms with van der Waals surface area (Å²) in [6.45, 7) is 4.78. The molecule has 0 saturated carbocycles. The summed E-state index contributed by atoms with van der Waals surface area (Å²) in [6, 6.07) is 4.69. The summed E-state index contributed by atoms with van der Waals surface area (Å²) in [6.07, 6.45) is 2.64. The van der Waals surface area contributed by atoms with E-state index in [0.717, 1.165) is 29.5 Å². The molecule has 5 nitrogen and oxygen atoms in total. The number of H-pyrrole nitrogens is 1. The van der Waals surface area contributed by atoms with Crippen molar-refractivity contribution < 1.29 is 4.39 Å². The van der Waals surface area contributed by atoms with Crippen LogP contribution in [0.2, 0.25) is 0 Å². The normalized spacial score (nSPS) is 11.0. The maximum Gasteiger partial charge on any atom is 0.225 e. The van der Waals surface area contributed by atoms with Crippen molar-refractivity contribution in [3.8, 4) is 11.3 Å².